The van der Waals surface area contributed by atoms with Gasteiger partial charge in [-0.15, -0.1) is 0 Å². The Bertz CT molecular complexity index is 1410. The number of hydroxylamine groups is 2. The van der Waals surface area contributed by atoms with Gasteiger partial charge < -0.3 is 19.2 Å². The molecule has 1 aromatic heterocycles. The molecule has 0 bridgehead atoms. The van der Waals surface area contributed by atoms with Crippen molar-refractivity contribution in [2.45, 2.75) is 65.1 Å². The van der Waals surface area contributed by atoms with Crippen LogP contribution in [0.4, 0.5) is 10.5 Å². The Morgan fingerprint density at radius 3 is 2.55 bits per heavy atom. The lowest BCUT2D eigenvalue weighted by atomic mass is 10.0. The third-order valence-electron chi connectivity index (χ3n) is 5.88. The van der Waals surface area contributed by atoms with Crippen LogP contribution in [0.1, 0.15) is 56.6 Å². The number of hydrogen-bond donors (Lipinski definition) is 1. The lowest BCUT2D eigenvalue weighted by molar-refractivity contribution is -0.191. The molecule has 3 rings (SSSR count). The van der Waals surface area contributed by atoms with Gasteiger partial charge in [0.25, 0.3) is 11.8 Å². The zero-order valence-corrected chi connectivity index (χ0v) is 21.8. The van der Waals surface area contributed by atoms with Crippen LogP contribution in [0.15, 0.2) is 32.5 Å². The Morgan fingerprint density at radius 1 is 1.12 bits per heavy atom. The number of fused-ring (bicyclic) bond motifs is 1. The molecule has 1 saturated heterocycles. The number of rotatable bonds is 12. The first kappa shape index (κ1) is 29.6. The van der Waals surface area contributed by atoms with Crippen molar-refractivity contribution in [2.75, 3.05) is 6.54 Å². The summed E-state index contributed by atoms with van der Waals surface area (Å²) in [5.41, 5.74) is 9.28. The Kier molecular flexibility index (Phi) is 10.2. The van der Waals surface area contributed by atoms with Gasteiger partial charge in [0.05, 0.1) is 12.0 Å². The molecule has 15 nitrogen and oxygen atoms in total. The second-order valence-corrected chi connectivity index (χ2v) is 8.80. The highest BCUT2D eigenvalue weighted by Gasteiger charge is 2.34. The van der Waals surface area contributed by atoms with E-state index < -0.39 is 35.9 Å². The highest BCUT2D eigenvalue weighted by atomic mass is 16.9. The van der Waals surface area contributed by atoms with Gasteiger partial charge in [0, 0.05) is 48.7 Å². The van der Waals surface area contributed by atoms with E-state index in [2.05, 4.69) is 20.2 Å². The highest BCUT2D eigenvalue weighted by Crippen LogP contribution is 2.24. The van der Waals surface area contributed by atoms with Crippen LogP contribution in [0.3, 0.4) is 0 Å². The molecule has 0 saturated carbocycles. The van der Waals surface area contributed by atoms with E-state index in [-0.39, 0.29) is 42.7 Å². The standard InChI is InChI=1S/C25H27N5O10/c1-14-17-8-7-16(28-29-26)12-19(17)39-24(35)18(14)13-20(31)27-11-5-3-4-6-23(34)37-15(2)38-25(36)40-30-21(32)9-10-22(30)33/h7-8,12,15H,3-6,9-11,13H2,1-2H3,(H,27,31). The number of aryl methyl sites for hydroxylation is 1. The molecule has 0 radical (unpaired) electrons. The van der Waals surface area contributed by atoms with E-state index >= 15 is 0 Å². The Hall–Kier alpha value is -4.91. The normalized spacial score (nSPS) is 13.5. The van der Waals surface area contributed by atoms with Crippen molar-refractivity contribution < 1.29 is 42.7 Å². The summed E-state index contributed by atoms with van der Waals surface area (Å²) in [4.78, 5) is 78.5. The molecule has 15 heteroatoms. The average Bonchev–Trinajstić information content (AvgIpc) is 3.20. The molecule has 3 amide bonds. The molecule has 0 aliphatic carbocycles. The summed E-state index contributed by atoms with van der Waals surface area (Å²) < 4.78 is 15.0. The van der Waals surface area contributed by atoms with Crippen molar-refractivity contribution >= 4 is 46.5 Å². The molecule has 40 heavy (non-hydrogen) atoms. The average molecular weight is 558 g/mol. The van der Waals surface area contributed by atoms with Crippen LogP contribution < -0.4 is 10.9 Å². The Labute approximate surface area is 226 Å². The number of nitrogens with zero attached hydrogens (tertiary/aromatic N) is 4. The molecule has 212 valence electrons. The summed E-state index contributed by atoms with van der Waals surface area (Å²) in [5, 5.41) is 7.14. The van der Waals surface area contributed by atoms with Crippen molar-refractivity contribution in [3.05, 3.63) is 50.2 Å². The molecule has 1 aliphatic heterocycles. The van der Waals surface area contributed by atoms with Crippen LogP contribution in [-0.2, 0) is 39.9 Å². The minimum Gasteiger partial charge on any atom is -0.425 e. The van der Waals surface area contributed by atoms with Gasteiger partial charge in [0.15, 0.2) is 0 Å². The van der Waals surface area contributed by atoms with E-state index in [0.29, 0.717) is 47.5 Å². The fraction of sp³-hybridized carbons (Fsp3) is 0.440. The van der Waals surface area contributed by atoms with E-state index in [1.165, 1.54) is 13.0 Å². The number of ether oxygens (including phenoxy) is 2. The summed E-state index contributed by atoms with van der Waals surface area (Å²) in [6.07, 6.45) is -1.34. The van der Waals surface area contributed by atoms with Crippen molar-refractivity contribution in [3.63, 3.8) is 0 Å². The minimum atomic E-state index is -1.35. The largest absolute Gasteiger partial charge is 0.537 e. The number of imide groups is 1. The van der Waals surface area contributed by atoms with Gasteiger partial charge in [0.2, 0.25) is 12.2 Å². The molecule has 1 unspecified atom stereocenters. The SMILES string of the molecule is Cc1c(CC(=O)NCCCCCC(=O)OC(C)OC(=O)ON2C(=O)CCC2=O)c(=O)oc2cc(N=[N+]=[N-])ccc12. The molecule has 2 aromatic rings. The first-order valence-corrected chi connectivity index (χ1v) is 12.4. The van der Waals surface area contributed by atoms with Gasteiger partial charge in [-0.05, 0) is 36.9 Å². The van der Waals surface area contributed by atoms with Gasteiger partial charge in [-0.25, -0.2) is 9.59 Å². The Balaban J connectivity index is 1.33. The van der Waals surface area contributed by atoms with Gasteiger partial charge in [0.1, 0.15) is 5.58 Å². The zero-order chi connectivity index (χ0) is 29.2. The summed E-state index contributed by atoms with van der Waals surface area (Å²) in [6, 6.07) is 4.69. The molecule has 1 N–H and O–H groups in total. The van der Waals surface area contributed by atoms with E-state index in [1.54, 1.807) is 19.1 Å². The lowest BCUT2D eigenvalue weighted by Gasteiger charge is -2.16. The number of hydrogen-bond acceptors (Lipinski definition) is 11. The van der Waals surface area contributed by atoms with E-state index in [0.717, 1.165) is 0 Å². The molecule has 2 heterocycles. The van der Waals surface area contributed by atoms with E-state index in [1.807, 2.05) is 0 Å². The fourth-order valence-corrected chi connectivity index (χ4v) is 3.88. The molecule has 0 spiro atoms. The smallest absolute Gasteiger partial charge is 0.425 e. The van der Waals surface area contributed by atoms with Crippen molar-refractivity contribution in [1.29, 1.82) is 0 Å². The summed E-state index contributed by atoms with van der Waals surface area (Å²) in [6.45, 7) is 3.31. The van der Waals surface area contributed by atoms with Crippen LogP contribution in [0.2, 0.25) is 0 Å². The van der Waals surface area contributed by atoms with E-state index in [4.69, 9.17) is 19.4 Å². The number of azide groups is 1. The monoisotopic (exact) mass is 557 g/mol. The maximum absolute atomic E-state index is 12.4. The third-order valence-corrected chi connectivity index (χ3v) is 5.88. The number of amides is 3. The molecule has 1 atom stereocenters. The van der Waals surface area contributed by atoms with Crippen LogP contribution >= 0.6 is 0 Å². The van der Waals surface area contributed by atoms with Gasteiger partial charge in [-0.2, -0.15) is 0 Å². The number of nitrogens with one attached hydrogen (secondary N) is 1. The maximum Gasteiger partial charge on any atom is 0.537 e. The Morgan fingerprint density at radius 2 is 1.85 bits per heavy atom. The molecular weight excluding hydrogens is 530 g/mol. The van der Waals surface area contributed by atoms with Gasteiger partial charge in [-0.1, -0.05) is 28.7 Å². The van der Waals surface area contributed by atoms with Crippen molar-refractivity contribution in [1.82, 2.24) is 10.4 Å². The van der Waals surface area contributed by atoms with Crippen LogP contribution in [-0.4, -0.2) is 47.7 Å². The van der Waals surface area contributed by atoms with E-state index in [9.17, 15) is 28.8 Å². The summed E-state index contributed by atoms with van der Waals surface area (Å²) >= 11 is 0. The summed E-state index contributed by atoms with van der Waals surface area (Å²) in [5.74, 6) is -2.33. The second kappa shape index (κ2) is 13.8. The summed E-state index contributed by atoms with van der Waals surface area (Å²) in [7, 11) is 0. The second-order valence-electron chi connectivity index (χ2n) is 8.80. The number of esters is 1. The number of benzene rings is 1. The lowest BCUT2D eigenvalue weighted by Crippen LogP contribution is -2.34. The first-order valence-electron chi connectivity index (χ1n) is 12.4. The molecule has 1 aromatic carbocycles. The number of carbonyl (C=O) groups is 5. The topological polar surface area (TPSA) is 207 Å². The van der Waals surface area contributed by atoms with Gasteiger partial charge >= 0.3 is 17.8 Å². The number of carbonyl (C=O) groups excluding carboxylic acids is 5. The quantitative estimate of drug-likeness (QED) is 0.0588. The fourth-order valence-electron chi connectivity index (χ4n) is 3.88. The highest BCUT2D eigenvalue weighted by molar-refractivity contribution is 6.01. The molecular formula is C25H27N5O10. The third kappa shape index (κ3) is 8.04. The minimum absolute atomic E-state index is 0.0263. The number of unbranched alkanes of at least 4 members (excludes halogenated alkanes) is 2. The zero-order valence-electron chi connectivity index (χ0n) is 21.8. The maximum atomic E-state index is 12.4. The van der Waals surface area contributed by atoms with Crippen LogP contribution in [0.25, 0.3) is 21.4 Å². The van der Waals surface area contributed by atoms with Crippen LogP contribution in [0.5, 0.6) is 0 Å². The van der Waals surface area contributed by atoms with Crippen molar-refractivity contribution in [3.8, 4) is 0 Å². The van der Waals surface area contributed by atoms with Crippen LogP contribution in [0, 0.1) is 6.92 Å². The van der Waals surface area contributed by atoms with Crippen molar-refractivity contribution in [2.24, 2.45) is 5.11 Å². The molecule has 1 fully saturated rings. The van der Waals surface area contributed by atoms with Gasteiger partial charge in [-0.3, -0.25) is 24.0 Å². The first-order chi connectivity index (χ1) is 19.1. The predicted molar refractivity (Wildman–Crippen MR) is 135 cm³/mol. The molecule has 1 aliphatic rings. The predicted octanol–water partition coefficient (Wildman–Crippen LogP) is 3.37.